The maximum Gasteiger partial charge on any atom is 0.137 e. The zero-order valence-electron chi connectivity index (χ0n) is 5.56. The molecule has 0 saturated carbocycles. The lowest BCUT2D eigenvalue weighted by atomic mass is 10.2. The van der Waals surface area contributed by atoms with E-state index in [1.165, 1.54) is 13.0 Å². The molecule has 50 valence electrons. The van der Waals surface area contributed by atoms with E-state index in [2.05, 4.69) is 5.92 Å². The van der Waals surface area contributed by atoms with Gasteiger partial charge in [-0.2, -0.15) is 5.26 Å². The molecule has 0 N–H and O–H groups in total. The highest BCUT2D eigenvalue weighted by atomic mass is 19.1. The second kappa shape index (κ2) is 4.35. The van der Waals surface area contributed by atoms with Crippen LogP contribution in [0, 0.1) is 23.7 Å². The number of nitriles is 1. The monoisotopic (exact) mass is 135 g/mol. The topological polar surface area (TPSA) is 23.8 Å². The first-order valence-corrected chi connectivity index (χ1v) is 2.64. The molecular formula is C8H6FN. The van der Waals surface area contributed by atoms with Gasteiger partial charge in [0.05, 0.1) is 5.57 Å². The molecule has 0 aromatic carbocycles. The van der Waals surface area contributed by atoms with Crippen LogP contribution >= 0.6 is 0 Å². The molecule has 1 nitrogen and oxygen atoms in total. The first-order chi connectivity index (χ1) is 4.76. The average molecular weight is 135 g/mol. The molecule has 0 aliphatic rings. The molecule has 0 amide bonds. The van der Waals surface area contributed by atoms with Crippen LogP contribution < -0.4 is 0 Å². The first-order valence-electron chi connectivity index (χ1n) is 2.64. The lowest BCUT2D eigenvalue weighted by Crippen LogP contribution is -1.77. The van der Waals surface area contributed by atoms with E-state index >= 15 is 0 Å². The number of allylic oxidation sites excluding steroid dienone is 4. The van der Waals surface area contributed by atoms with E-state index in [0.29, 0.717) is 0 Å². The fraction of sp³-hybridized carbons (Fsp3) is 0.125. The number of hydrogen-bond donors (Lipinski definition) is 0. The lowest BCUT2D eigenvalue weighted by molar-refractivity contribution is 0.656. The van der Waals surface area contributed by atoms with E-state index in [-0.39, 0.29) is 5.57 Å². The molecule has 0 rings (SSSR count). The predicted molar refractivity (Wildman–Crippen MR) is 37.4 cm³/mol. The average Bonchev–Trinajstić information content (AvgIpc) is 1.99. The van der Waals surface area contributed by atoms with E-state index in [0.717, 1.165) is 6.08 Å². The molecule has 2 heteroatoms. The molecular weight excluding hydrogens is 129 g/mol. The minimum absolute atomic E-state index is 0.106. The van der Waals surface area contributed by atoms with Crippen molar-refractivity contribution in [2.45, 2.75) is 6.92 Å². The molecule has 10 heavy (non-hydrogen) atoms. The van der Waals surface area contributed by atoms with Crippen LogP contribution in [0.3, 0.4) is 0 Å². The normalized spacial score (nSPS) is 12.0. The van der Waals surface area contributed by atoms with Crippen LogP contribution in [0.25, 0.3) is 0 Å². The fourth-order valence-electron chi connectivity index (χ4n) is 0.393. The fourth-order valence-corrected chi connectivity index (χ4v) is 0.393. The van der Waals surface area contributed by atoms with Gasteiger partial charge in [0.15, 0.2) is 0 Å². The van der Waals surface area contributed by atoms with Crippen molar-refractivity contribution in [3.63, 3.8) is 0 Å². The van der Waals surface area contributed by atoms with Crippen LogP contribution in [-0.4, -0.2) is 0 Å². The second-order valence-corrected chi connectivity index (χ2v) is 1.47. The Balaban J connectivity index is 4.62. The van der Waals surface area contributed by atoms with Crippen LogP contribution in [-0.2, 0) is 0 Å². The highest BCUT2D eigenvalue weighted by Crippen LogP contribution is 2.08. The number of hydrogen-bond acceptors (Lipinski definition) is 1. The molecule has 0 bridgehead atoms. The van der Waals surface area contributed by atoms with Crippen molar-refractivity contribution >= 4 is 0 Å². The summed E-state index contributed by atoms with van der Waals surface area (Å²) >= 11 is 0. The highest BCUT2D eigenvalue weighted by molar-refractivity contribution is 5.41. The van der Waals surface area contributed by atoms with Gasteiger partial charge in [0, 0.05) is 6.08 Å². The van der Waals surface area contributed by atoms with Crippen LogP contribution in [0.2, 0.25) is 0 Å². The Bertz CT molecular complexity index is 247. The summed E-state index contributed by atoms with van der Waals surface area (Å²) in [5, 5.41) is 8.26. The third-order valence-corrected chi connectivity index (χ3v) is 0.859. The van der Waals surface area contributed by atoms with Crippen molar-refractivity contribution in [1.82, 2.24) is 0 Å². The van der Waals surface area contributed by atoms with Gasteiger partial charge in [0.2, 0.25) is 0 Å². The molecule has 0 aromatic rings. The van der Waals surface area contributed by atoms with Gasteiger partial charge in [-0.3, -0.25) is 0 Å². The Morgan fingerprint density at radius 3 is 2.60 bits per heavy atom. The molecule has 0 unspecified atom stereocenters. The standard InChI is InChI=1S/C8H6FN/c1-3-5-7(6-10)8(9)4-2/h1,4-5H,2H3/b7-5-,8-4+. The summed E-state index contributed by atoms with van der Waals surface area (Å²) in [5.41, 5.74) is -0.106. The Kier molecular flexibility index (Phi) is 3.68. The van der Waals surface area contributed by atoms with Crippen LogP contribution in [0.15, 0.2) is 23.6 Å². The van der Waals surface area contributed by atoms with Gasteiger partial charge < -0.3 is 0 Å². The van der Waals surface area contributed by atoms with Crippen molar-refractivity contribution < 1.29 is 4.39 Å². The number of nitrogens with zero attached hydrogens (tertiary/aromatic N) is 1. The summed E-state index contributed by atoms with van der Waals surface area (Å²) in [5.74, 6) is 1.49. The summed E-state index contributed by atoms with van der Waals surface area (Å²) in [6, 6.07) is 1.63. The van der Waals surface area contributed by atoms with Crippen molar-refractivity contribution in [2.24, 2.45) is 0 Å². The van der Waals surface area contributed by atoms with Crippen molar-refractivity contribution in [2.75, 3.05) is 0 Å². The Hall–Kier alpha value is -1.54. The lowest BCUT2D eigenvalue weighted by Gasteiger charge is -1.86. The first kappa shape index (κ1) is 8.46. The zero-order valence-corrected chi connectivity index (χ0v) is 5.56. The van der Waals surface area contributed by atoms with Crippen LogP contribution in [0.4, 0.5) is 4.39 Å². The van der Waals surface area contributed by atoms with E-state index < -0.39 is 5.83 Å². The van der Waals surface area contributed by atoms with Crippen LogP contribution in [0.5, 0.6) is 0 Å². The number of rotatable bonds is 1. The van der Waals surface area contributed by atoms with E-state index in [1.54, 1.807) is 6.07 Å². The summed E-state index contributed by atoms with van der Waals surface area (Å²) in [6.07, 6.45) is 7.11. The minimum Gasteiger partial charge on any atom is -0.206 e. The van der Waals surface area contributed by atoms with Crippen molar-refractivity contribution in [3.8, 4) is 18.4 Å². The van der Waals surface area contributed by atoms with Gasteiger partial charge in [0.25, 0.3) is 0 Å². The van der Waals surface area contributed by atoms with Crippen LogP contribution in [0.1, 0.15) is 6.92 Å². The number of halogens is 1. The third kappa shape index (κ3) is 2.15. The van der Waals surface area contributed by atoms with Gasteiger partial charge in [-0.05, 0) is 6.92 Å². The molecule has 0 heterocycles. The minimum atomic E-state index is -0.583. The summed E-state index contributed by atoms with van der Waals surface area (Å²) < 4.78 is 12.5. The van der Waals surface area contributed by atoms with E-state index in [4.69, 9.17) is 11.7 Å². The second-order valence-electron chi connectivity index (χ2n) is 1.47. The molecule has 0 spiro atoms. The summed E-state index contributed by atoms with van der Waals surface area (Å²) in [6.45, 7) is 1.50. The molecule has 0 aromatic heterocycles. The van der Waals surface area contributed by atoms with Crippen molar-refractivity contribution in [1.29, 1.82) is 5.26 Å². The third-order valence-electron chi connectivity index (χ3n) is 0.859. The predicted octanol–water partition coefficient (Wildman–Crippen LogP) is 1.94. The SMILES string of the molecule is C#C/C=C(C#N)\C(F)=C/C. The maximum absolute atomic E-state index is 12.5. The zero-order chi connectivity index (χ0) is 7.98. The van der Waals surface area contributed by atoms with Gasteiger partial charge in [-0.25, -0.2) is 4.39 Å². The van der Waals surface area contributed by atoms with Gasteiger partial charge >= 0.3 is 0 Å². The molecule has 0 fully saturated rings. The Labute approximate surface area is 59.5 Å². The van der Waals surface area contributed by atoms with E-state index in [9.17, 15) is 4.39 Å². The van der Waals surface area contributed by atoms with Gasteiger partial charge in [0.1, 0.15) is 11.9 Å². The Morgan fingerprint density at radius 1 is 1.70 bits per heavy atom. The van der Waals surface area contributed by atoms with Crippen molar-refractivity contribution in [3.05, 3.63) is 23.6 Å². The maximum atomic E-state index is 12.5. The summed E-state index contributed by atoms with van der Waals surface area (Å²) in [4.78, 5) is 0. The highest BCUT2D eigenvalue weighted by Gasteiger charge is 1.98. The van der Waals surface area contributed by atoms with Gasteiger partial charge in [-0.15, -0.1) is 6.42 Å². The number of terminal acetylenes is 1. The molecule has 0 atom stereocenters. The molecule has 0 radical (unpaired) electrons. The largest absolute Gasteiger partial charge is 0.206 e. The smallest absolute Gasteiger partial charge is 0.137 e. The molecule has 0 aliphatic carbocycles. The summed E-state index contributed by atoms with van der Waals surface area (Å²) in [7, 11) is 0. The Morgan fingerprint density at radius 2 is 2.30 bits per heavy atom. The van der Waals surface area contributed by atoms with E-state index in [1.807, 2.05) is 0 Å². The quantitative estimate of drug-likeness (QED) is 0.306. The van der Waals surface area contributed by atoms with Gasteiger partial charge in [-0.1, -0.05) is 12.0 Å². The molecule has 0 saturated heterocycles. The molecule has 0 aliphatic heterocycles.